The van der Waals surface area contributed by atoms with Gasteiger partial charge in [0.2, 0.25) is 0 Å². The van der Waals surface area contributed by atoms with E-state index >= 15 is 0 Å². The Labute approximate surface area is 99.0 Å². The van der Waals surface area contributed by atoms with Gasteiger partial charge in [0.1, 0.15) is 0 Å². The Morgan fingerprint density at radius 3 is 2.62 bits per heavy atom. The molecule has 2 heteroatoms. The Morgan fingerprint density at radius 1 is 1.31 bits per heavy atom. The summed E-state index contributed by atoms with van der Waals surface area (Å²) < 4.78 is 5.65. The highest BCUT2D eigenvalue weighted by Gasteiger charge is 2.34. The van der Waals surface area contributed by atoms with E-state index in [1.54, 1.807) is 0 Å². The Hall–Kier alpha value is -0.550. The average molecular weight is 221 g/mol. The molecule has 1 saturated heterocycles. The summed E-state index contributed by atoms with van der Waals surface area (Å²) in [5, 5.41) is 9.41. The average Bonchev–Trinajstić information content (AvgIpc) is 2.82. The maximum absolute atomic E-state index is 9.41. The maximum atomic E-state index is 9.41. The van der Waals surface area contributed by atoms with Gasteiger partial charge >= 0.3 is 0 Å². The second-order valence-corrected chi connectivity index (χ2v) is 5.75. The summed E-state index contributed by atoms with van der Waals surface area (Å²) in [5.41, 5.74) is -0.0154. The van der Waals surface area contributed by atoms with Crippen LogP contribution in [0.2, 0.25) is 0 Å². The highest BCUT2D eigenvalue weighted by atomic mass is 16.5. The van der Waals surface area contributed by atoms with Crippen LogP contribution in [0.3, 0.4) is 0 Å². The SMILES string of the molecule is CC1CCC(C#N)(CCC2CCCO2)CC1. The molecule has 1 aliphatic heterocycles. The Morgan fingerprint density at radius 2 is 2.06 bits per heavy atom. The summed E-state index contributed by atoms with van der Waals surface area (Å²) >= 11 is 0. The van der Waals surface area contributed by atoms with Crippen molar-refractivity contribution < 1.29 is 4.74 Å². The van der Waals surface area contributed by atoms with Gasteiger partial charge in [-0.2, -0.15) is 5.26 Å². The first-order valence-corrected chi connectivity index (χ1v) is 6.77. The van der Waals surface area contributed by atoms with E-state index in [0.29, 0.717) is 6.10 Å². The van der Waals surface area contributed by atoms with E-state index in [1.165, 1.54) is 25.7 Å². The fourth-order valence-corrected chi connectivity index (χ4v) is 3.04. The van der Waals surface area contributed by atoms with Crippen molar-refractivity contribution in [2.75, 3.05) is 6.61 Å². The summed E-state index contributed by atoms with van der Waals surface area (Å²) in [6, 6.07) is 2.61. The van der Waals surface area contributed by atoms with E-state index < -0.39 is 0 Å². The third-order valence-electron chi connectivity index (χ3n) is 4.44. The van der Waals surface area contributed by atoms with Crippen LogP contribution in [0.5, 0.6) is 0 Å². The van der Waals surface area contributed by atoms with Crippen LogP contribution in [-0.4, -0.2) is 12.7 Å². The van der Waals surface area contributed by atoms with Crippen molar-refractivity contribution in [3.63, 3.8) is 0 Å². The lowest BCUT2D eigenvalue weighted by Crippen LogP contribution is -2.26. The molecule has 2 rings (SSSR count). The van der Waals surface area contributed by atoms with Crippen molar-refractivity contribution in [1.29, 1.82) is 5.26 Å². The molecule has 1 aliphatic carbocycles. The molecule has 1 heterocycles. The quantitative estimate of drug-likeness (QED) is 0.728. The van der Waals surface area contributed by atoms with Gasteiger partial charge < -0.3 is 4.74 Å². The first-order chi connectivity index (χ1) is 7.74. The molecular weight excluding hydrogens is 198 g/mol. The molecule has 0 radical (unpaired) electrons. The van der Waals surface area contributed by atoms with Gasteiger partial charge in [-0.25, -0.2) is 0 Å². The van der Waals surface area contributed by atoms with Crippen LogP contribution in [0.4, 0.5) is 0 Å². The minimum Gasteiger partial charge on any atom is -0.378 e. The van der Waals surface area contributed by atoms with Crippen LogP contribution in [0, 0.1) is 22.7 Å². The zero-order chi connectivity index (χ0) is 11.4. The van der Waals surface area contributed by atoms with Gasteiger partial charge in [-0.1, -0.05) is 6.92 Å². The molecule has 0 aromatic carbocycles. The molecule has 90 valence electrons. The topological polar surface area (TPSA) is 33.0 Å². The standard InChI is InChI=1S/C14H23NO/c1-12-4-7-14(11-15,8-5-12)9-6-13-3-2-10-16-13/h12-13H,2-10H2,1H3. The van der Waals surface area contributed by atoms with Crippen LogP contribution >= 0.6 is 0 Å². The molecule has 1 unspecified atom stereocenters. The summed E-state index contributed by atoms with van der Waals surface area (Å²) in [6.45, 7) is 3.24. The zero-order valence-corrected chi connectivity index (χ0v) is 10.4. The normalized spacial score (nSPS) is 39.5. The van der Waals surface area contributed by atoms with Crippen molar-refractivity contribution in [3.8, 4) is 6.07 Å². The lowest BCUT2D eigenvalue weighted by Gasteiger charge is -2.34. The molecule has 0 spiro atoms. The fourth-order valence-electron chi connectivity index (χ4n) is 3.04. The molecule has 1 saturated carbocycles. The molecule has 2 nitrogen and oxygen atoms in total. The van der Waals surface area contributed by atoms with E-state index in [1.807, 2.05) is 0 Å². The Kier molecular flexibility index (Phi) is 3.86. The van der Waals surface area contributed by atoms with Crippen LogP contribution in [0.1, 0.15) is 58.3 Å². The second-order valence-electron chi connectivity index (χ2n) is 5.75. The summed E-state index contributed by atoms with van der Waals surface area (Å²) in [4.78, 5) is 0. The lowest BCUT2D eigenvalue weighted by atomic mass is 9.69. The van der Waals surface area contributed by atoms with Crippen molar-refractivity contribution in [1.82, 2.24) is 0 Å². The molecule has 0 amide bonds. The van der Waals surface area contributed by atoms with E-state index in [9.17, 15) is 5.26 Å². The monoisotopic (exact) mass is 221 g/mol. The largest absolute Gasteiger partial charge is 0.378 e. The Bertz CT molecular complexity index is 254. The van der Waals surface area contributed by atoms with Crippen molar-refractivity contribution in [2.45, 2.75) is 64.4 Å². The molecule has 0 aromatic heterocycles. The van der Waals surface area contributed by atoms with E-state index in [4.69, 9.17) is 4.74 Å². The van der Waals surface area contributed by atoms with Crippen LogP contribution < -0.4 is 0 Å². The number of hydrogen-bond acceptors (Lipinski definition) is 2. The van der Waals surface area contributed by atoms with Gasteiger partial charge in [-0.3, -0.25) is 0 Å². The van der Waals surface area contributed by atoms with Crippen molar-refractivity contribution in [3.05, 3.63) is 0 Å². The third-order valence-corrected chi connectivity index (χ3v) is 4.44. The minimum atomic E-state index is -0.0154. The number of nitriles is 1. The van der Waals surface area contributed by atoms with Crippen LogP contribution in [0.15, 0.2) is 0 Å². The third kappa shape index (κ3) is 2.77. The Balaban J connectivity index is 1.82. The van der Waals surface area contributed by atoms with Gasteiger partial charge in [0, 0.05) is 6.61 Å². The molecular formula is C14H23NO. The molecule has 0 N–H and O–H groups in total. The van der Waals surface area contributed by atoms with Crippen molar-refractivity contribution >= 4 is 0 Å². The van der Waals surface area contributed by atoms with Gasteiger partial charge in [0.05, 0.1) is 17.6 Å². The second kappa shape index (κ2) is 5.19. The molecule has 1 atom stereocenters. The van der Waals surface area contributed by atoms with Crippen LogP contribution in [0.25, 0.3) is 0 Å². The van der Waals surface area contributed by atoms with E-state index in [2.05, 4.69) is 13.0 Å². The highest BCUT2D eigenvalue weighted by Crippen LogP contribution is 2.42. The van der Waals surface area contributed by atoms with Crippen LogP contribution in [-0.2, 0) is 4.74 Å². The van der Waals surface area contributed by atoms with E-state index in [-0.39, 0.29) is 5.41 Å². The van der Waals surface area contributed by atoms with Gasteiger partial charge in [-0.15, -0.1) is 0 Å². The zero-order valence-electron chi connectivity index (χ0n) is 10.4. The number of nitrogens with zero attached hydrogens (tertiary/aromatic N) is 1. The molecule has 0 aromatic rings. The molecule has 0 bridgehead atoms. The number of rotatable bonds is 3. The summed E-state index contributed by atoms with van der Waals surface area (Å²) in [7, 11) is 0. The smallest absolute Gasteiger partial charge is 0.0689 e. The first kappa shape index (κ1) is 11.9. The summed E-state index contributed by atoms with van der Waals surface area (Å²) in [5.74, 6) is 0.823. The summed E-state index contributed by atoms with van der Waals surface area (Å²) in [6.07, 6.45) is 9.71. The van der Waals surface area contributed by atoms with Gasteiger partial charge in [0.15, 0.2) is 0 Å². The van der Waals surface area contributed by atoms with Crippen molar-refractivity contribution in [2.24, 2.45) is 11.3 Å². The maximum Gasteiger partial charge on any atom is 0.0689 e. The van der Waals surface area contributed by atoms with Gasteiger partial charge in [0.25, 0.3) is 0 Å². The lowest BCUT2D eigenvalue weighted by molar-refractivity contribution is 0.0860. The molecule has 16 heavy (non-hydrogen) atoms. The molecule has 2 aliphatic rings. The van der Waals surface area contributed by atoms with Gasteiger partial charge in [-0.05, 0) is 57.3 Å². The minimum absolute atomic E-state index is 0.0154. The highest BCUT2D eigenvalue weighted by molar-refractivity contribution is 5.01. The number of ether oxygens (including phenoxy) is 1. The first-order valence-electron chi connectivity index (χ1n) is 6.77. The predicted molar refractivity (Wildman–Crippen MR) is 63.9 cm³/mol. The predicted octanol–water partition coefficient (Wildman–Crippen LogP) is 3.67. The fraction of sp³-hybridized carbons (Fsp3) is 0.929. The molecule has 2 fully saturated rings. The van der Waals surface area contributed by atoms with E-state index in [0.717, 1.165) is 38.2 Å². The number of hydrogen-bond donors (Lipinski definition) is 0.